The molecule has 29 heavy (non-hydrogen) atoms. The zero-order valence-electron chi connectivity index (χ0n) is 15.0. The zero-order chi connectivity index (χ0) is 20.2. The fourth-order valence-electron chi connectivity index (χ4n) is 2.76. The molecule has 0 saturated heterocycles. The normalized spacial score (nSPS) is 10.9. The average Bonchev–Trinajstić information content (AvgIpc) is 3.23. The topological polar surface area (TPSA) is 106 Å². The third kappa shape index (κ3) is 4.30. The Morgan fingerprint density at radius 2 is 1.97 bits per heavy atom. The first-order valence-corrected chi connectivity index (χ1v) is 9.99. The molecule has 2 aromatic carbocycles. The van der Waals surface area contributed by atoms with Crippen LogP contribution in [0.15, 0.2) is 64.8 Å². The maximum Gasteiger partial charge on any atom is 0.262 e. The lowest BCUT2D eigenvalue weighted by Crippen LogP contribution is -2.25. The second kappa shape index (κ2) is 8.46. The summed E-state index contributed by atoms with van der Waals surface area (Å²) in [6.45, 7) is 0.252. The van der Waals surface area contributed by atoms with Crippen LogP contribution in [-0.2, 0) is 11.3 Å². The van der Waals surface area contributed by atoms with Crippen LogP contribution in [0.2, 0.25) is 5.02 Å². The van der Waals surface area contributed by atoms with Crippen LogP contribution in [0.1, 0.15) is 5.56 Å². The van der Waals surface area contributed by atoms with Crippen molar-refractivity contribution in [2.75, 3.05) is 11.1 Å². The lowest BCUT2D eigenvalue weighted by molar-refractivity contribution is -0.113. The van der Waals surface area contributed by atoms with Crippen molar-refractivity contribution < 1.29 is 4.79 Å². The zero-order valence-corrected chi connectivity index (χ0v) is 16.6. The smallest absolute Gasteiger partial charge is 0.262 e. The SMILES string of the molecule is O=C(CSc1nc2ccccc2c(=O)n1Cc1ccccc1Cl)Nc1ncn[nH]1. The quantitative estimate of drug-likeness (QED) is 0.362. The van der Waals surface area contributed by atoms with Gasteiger partial charge in [0, 0.05) is 5.02 Å². The van der Waals surface area contributed by atoms with Crippen LogP contribution in [0.25, 0.3) is 10.9 Å². The number of anilines is 1. The number of carbonyl (C=O) groups is 1. The van der Waals surface area contributed by atoms with E-state index in [2.05, 4.69) is 25.5 Å². The van der Waals surface area contributed by atoms with E-state index in [-0.39, 0.29) is 29.7 Å². The van der Waals surface area contributed by atoms with Crippen LogP contribution < -0.4 is 10.9 Å². The molecule has 0 aliphatic heterocycles. The van der Waals surface area contributed by atoms with Gasteiger partial charge in [0.1, 0.15) is 6.33 Å². The molecule has 0 spiro atoms. The number of aromatic amines is 1. The summed E-state index contributed by atoms with van der Waals surface area (Å²) in [7, 11) is 0. The predicted molar refractivity (Wildman–Crippen MR) is 112 cm³/mol. The van der Waals surface area contributed by atoms with Crippen molar-refractivity contribution in [3.63, 3.8) is 0 Å². The predicted octanol–water partition coefficient (Wildman–Crippen LogP) is 2.95. The summed E-state index contributed by atoms with van der Waals surface area (Å²) in [5, 5.41) is 10.3. The molecule has 0 atom stereocenters. The molecule has 0 saturated carbocycles. The Balaban J connectivity index is 1.66. The van der Waals surface area contributed by atoms with Crippen LogP contribution >= 0.6 is 23.4 Å². The summed E-state index contributed by atoms with van der Waals surface area (Å²) >= 11 is 7.45. The standard InChI is InChI=1S/C19H15ClN6O2S/c20-14-7-3-1-5-12(14)9-26-17(28)13-6-2-4-8-15(13)23-19(26)29-10-16(27)24-18-21-11-22-25-18/h1-8,11H,9-10H2,(H2,21,22,24,25,27). The molecule has 0 bridgehead atoms. The van der Waals surface area contributed by atoms with Crippen LogP contribution in [0.5, 0.6) is 0 Å². The van der Waals surface area contributed by atoms with Gasteiger partial charge in [0.2, 0.25) is 11.9 Å². The van der Waals surface area contributed by atoms with E-state index in [1.54, 1.807) is 24.3 Å². The average molecular weight is 427 g/mol. The van der Waals surface area contributed by atoms with Gasteiger partial charge >= 0.3 is 0 Å². The molecule has 10 heteroatoms. The van der Waals surface area contributed by atoms with Crippen molar-refractivity contribution in [3.05, 3.63) is 75.8 Å². The van der Waals surface area contributed by atoms with Crippen LogP contribution in [0.4, 0.5) is 5.95 Å². The van der Waals surface area contributed by atoms with Crippen LogP contribution in [-0.4, -0.2) is 36.4 Å². The van der Waals surface area contributed by atoms with E-state index in [0.29, 0.717) is 21.1 Å². The first-order valence-electron chi connectivity index (χ1n) is 8.63. The number of thioether (sulfide) groups is 1. The summed E-state index contributed by atoms with van der Waals surface area (Å²) in [6, 6.07) is 14.4. The van der Waals surface area contributed by atoms with Crippen molar-refractivity contribution in [2.45, 2.75) is 11.7 Å². The number of carbonyl (C=O) groups excluding carboxylic acids is 1. The molecule has 146 valence electrons. The highest BCUT2D eigenvalue weighted by Crippen LogP contribution is 2.21. The number of H-pyrrole nitrogens is 1. The third-order valence-corrected chi connectivity index (χ3v) is 5.46. The lowest BCUT2D eigenvalue weighted by atomic mass is 10.2. The number of aromatic nitrogens is 5. The van der Waals surface area contributed by atoms with E-state index in [9.17, 15) is 9.59 Å². The molecular weight excluding hydrogens is 412 g/mol. The summed E-state index contributed by atoms with van der Waals surface area (Å²) in [5.41, 5.74) is 1.18. The fourth-order valence-corrected chi connectivity index (χ4v) is 3.75. The number of amides is 1. The summed E-state index contributed by atoms with van der Waals surface area (Å²) < 4.78 is 1.54. The van der Waals surface area contributed by atoms with Crippen molar-refractivity contribution in [3.8, 4) is 0 Å². The van der Waals surface area contributed by atoms with Crippen LogP contribution in [0.3, 0.4) is 0 Å². The van der Waals surface area contributed by atoms with E-state index < -0.39 is 0 Å². The van der Waals surface area contributed by atoms with E-state index >= 15 is 0 Å². The molecule has 4 aromatic rings. The van der Waals surface area contributed by atoms with Gasteiger partial charge in [0.15, 0.2) is 5.16 Å². The van der Waals surface area contributed by atoms with E-state index in [0.717, 1.165) is 5.56 Å². The molecule has 0 radical (unpaired) electrons. The molecule has 2 aromatic heterocycles. The Kier molecular flexibility index (Phi) is 5.59. The van der Waals surface area contributed by atoms with E-state index in [1.165, 1.54) is 22.7 Å². The maximum atomic E-state index is 13.1. The second-order valence-corrected chi connectivity index (χ2v) is 7.41. The number of hydrogen-bond acceptors (Lipinski definition) is 6. The van der Waals surface area contributed by atoms with Crippen molar-refractivity contribution in [1.82, 2.24) is 24.7 Å². The Morgan fingerprint density at radius 1 is 1.17 bits per heavy atom. The van der Waals surface area contributed by atoms with E-state index in [4.69, 9.17) is 11.6 Å². The number of rotatable bonds is 6. The minimum absolute atomic E-state index is 0.0496. The molecule has 0 unspecified atom stereocenters. The van der Waals surface area contributed by atoms with Gasteiger partial charge < -0.3 is 0 Å². The lowest BCUT2D eigenvalue weighted by Gasteiger charge is -2.14. The molecule has 0 fully saturated rings. The summed E-state index contributed by atoms with van der Waals surface area (Å²) in [6.07, 6.45) is 1.30. The van der Waals surface area contributed by atoms with Gasteiger partial charge in [-0.15, -0.1) is 0 Å². The Morgan fingerprint density at radius 3 is 2.76 bits per heavy atom. The summed E-state index contributed by atoms with van der Waals surface area (Å²) in [4.78, 5) is 33.8. The van der Waals surface area contributed by atoms with Gasteiger partial charge in [-0.05, 0) is 23.8 Å². The molecule has 0 aliphatic carbocycles. The van der Waals surface area contributed by atoms with Gasteiger partial charge in [-0.25, -0.2) is 10.1 Å². The van der Waals surface area contributed by atoms with Gasteiger partial charge in [-0.3, -0.25) is 19.5 Å². The number of halogens is 1. The Labute approximate surface area is 174 Å². The molecule has 0 aliphatic rings. The largest absolute Gasteiger partial charge is 0.294 e. The monoisotopic (exact) mass is 426 g/mol. The Bertz CT molecular complexity index is 1230. The van der Waals surface area contributed by atoms with Crippen molar-refractivity contribution in [2.24, 2.45) is 0 Å². The highest BCUT2D eigenvalue weighted by atomic mass is 35.5. The van der Waals surface area contributed by atoms with Gasteiger partial charge in [-0.2, -0.15) is 10.1 Å². The second-order valence-electron chi connectivity index (χ2n) is 6.07. The highest BCUT2D eigenvalue weighted by molar-refractivity contribution is 7.99. The van der Waals surface area contributed by atoms with Crippen molar-refractivity contribution in [1.29, 1.82) is 0 Å². The van der Waals surface area contributed by atoms with Crippen molar-refractivity contribution >= 4 is 46.1 Å². The molecular formula is C19H15ClN6O2S. The molecule has 2 N–H and O–H groups in total. The Hall–Kier alpha value is -3.17. The first kappa shape index (κ1) is 19.2. The molecule has 2 heterocycles. The highest BCUT2D eigenvalue weighted by Gasteiger charge is 2.15. The maximum absolute atomic E-state index is 13.1. The number of nitrogens with zero attached hydrogens (tertiary/aromatic N) is 4. The number of hydrogen-bond donors (Lipinski definition) is 2. The third-order valence-electron chi connectivity index (χ3n) is 4.12. The number of para-hydroxylation sites is 1. The van der Waals surface area contributed by atoms with Crippen LogP contribution in [0, 0.1) is 0 Å². The number of nitrogens with one attached hydrogen (secondary N) is 2. The first-order chi connectivity index (χ1) is 14.1. The fraction of sp³-hybridized carbons (Fsp3) is 0.105. The number of benzene rings is 2. The van der Waals surface area contributed by atoms with E-state index in [1.807, 2.05) is 24.3 Å². The van der Waals surface area contributed by atoms with Gasteiger partial charge in [0.05, 0.1) is 23.2 Å². The summed E-state index contributed by atoms with van der Waals surface area (Å²) in [5.74, 6) is 0.0163. The molecule has 4 rings (SSSR count). The van der Waals surface area contributed by atoms with Gasteiger partial charge in [0.25, 0.3) is 5.56 Å². The minimum Gasteiger partial charge on any atom is -0.294 e. The molecule has 1 amide bonds. The minimum atomic E-state index is -0.293. The number of fused-ring (bicyclic) bond motifs is 1. The molecule has 8 nitrogen and oxygen atoms in total. The van der Waals surface area contributed by atoms with Gasteiger partial charge in [-0.1, -0.05) is 53.7 Å².